The molecular formula is C31H32F4N10O2. The summed E-state index contributed by atoms with van der Waals surface area (Å²) in [4.78, 5) is 19.9. The lowest BCUT2D eigenvalue weighted by Gasteiger charge is -2.32. The molecule has 0 radical (unpaired) electrons. The van der Waals surface area contributed by atoms with E-state index < -0.39 is 12.0 Å². The SMILES string of the molecule is Fc1cn(C2CC2)nc1COc1cccc(C2CCN(Cc3nc4cc(-c5n[nH]c(C(F)(F)F)n5)ncc4n3C[C@@H]3CCO3)CC2)n1. The summed E-state index contributed by atoms with van der Waals surface area (Å²) in [5.41, 5.74) is 2.82. The molecule has 0 aromatic carbocycles. The summed E-state index contributed by atoms with van der Waals surface area (Å²) in [6.45, 7) is 3.60. The Morgan fingerprint density at radius 1 is 1.04 bits per heavy atom. The quantitative estimate of drug-likeness (QED) is 0.207. The Morgan fingerprint density at radius 2 is 1.87 bits per heavy atom. The second-order valence-electron chi connectivity index (χ2n) is 12.4. The number of hydrogen-bond donors (Lipinski definition) is 1. The van der Waals surface area contributed by atoms with Gasteiger partial charge in [-0.2, -0.15) is 23.4 Å². The van der Waals surface area contributed by atoms with Gasteiger partial charge in [-0.15, -0.1) is 0 Å². The van der Waals surface area contributed by atoms with Gasteiger partial charge in [-0.3, -0.25) is 19.7 Å². The molecule has 2 aliphatic heterocycles. The van der Waals surface area contributed by atoms with Crippen LogP contribution in [0, 0.1) is 5.82 Å². The maximum atomic E-state index is 14.3. The average Bonchev–Trinajstić information content (AvgIpc) is 3.48. The first-order valence-electron chi connectivity index (χ1n) is 15.8. The molecule has 12 nitrogen and oxygen atoms in total. The van der Waals surface area contributed by atoms with Gasteiger partial charge in [0.2, 0.25) is 11.7 Å². The predicted octanol–water partition coefficient (Wildman–Crippen LogP) is 5.05. The molecule has 7 heterocycles. The van der Waals surface area contributed by atoms with Gasteiger partial charge >= 0.3 is 6.18 Å². The molecule has 3 fully saturated rings. The molecule has 2 saturated heterocycles. The average molecular weight is 653 g/mol. The van der Waals surface area contributed by atoms with Crippen LogP contribution in [0.1, 0.15) is 67.1 Å². The normalized spacial score (nSPS) is 19.4. The van der Waals surface area contributed by atoms with E-state index >= 15 is 0 Å². The maximum Gasteiger partial charge on any atom is 0.451 e. The fourth-order valence-corrected chi connectivity index (χ4v) is 6.15. The van der Waals surface area contributed by atoms with Gasteiger partial charge in [0, 0.05) is 24.3 Å². The third-order valence-electron chi connectivity index (χ3n) is 9.03. The summed E-state index contributed by atoms with van der Waals surface area (Å²) in [5.74, 6) is -0.141. The summed E-state index contributed by atoms with van der Waals surface area (Å²) in [6.07, 6.45) is 3.28. The van der Waals surface area contributed by atoms with E-state index in [-0.39, 0.29) is 41.7 Å². The summed E-state index contributed by atoms with van der Waals surface area (Å²) in [6, 6.07) is 7.63. The number of nitrogens with one attached hydrogen (secondary N) is 1. The van der Waals surface area contributed by atoms with Gasteiger partial charge in [0.25, 0.3) is 0 Å². The number of pyridine rings is 2. The van der Waals surface area contributed by atoms with Crippen molar-refractivity contribution in [3.05, 3.63) is 65.5 Å². The van der Waals surface area contributed by atoms with E-state index in [1.54, 1.807) is 23.0 Å². The number of H-pyrrole nitrogens is 1. The number of nitrogens with zero attached hydrogens (tertiary/aromatic N) is 9. The Labute approximate surface area is 266 Å². The molecule has 16 heteroatoms. The minimum Gasteiger partial charge on any atom is -0.471 e. The summed E-state index contributed by atoms with van der Waals surface area (Å²) < 4.78 is 68.8. The van der Waals surface area contributed by atoms with Gasteiger partial charge < -0.3 is 14.0 Å². The second-order valence-corrected chi connectivity index (χ2v) is 12.4. The molecule has 246 valence electrons. The van der Waals surface area contributed by atoms with Gasteiger partial charge in [-0.05, 0) is 57.3 Å². The number of alkyl halides is 3. The first-order chi connectivity index (χ1) is 22.8. The lowest BCUT2D eigenvalue weighted by molar-refractivity contribution is -0.144. The van der Waals surface area contributed by atoms with Crippen molar-refractivity contribution < 1.29 is 27.0 Å². The van der Waals surface area contributed by atoms with Crippen molar-refractivity contribution >= 4 is 11.0 Å². The first kappa shape index (κ1) is 29.9. The lowest BCUT2D eigenvalue weighted by Crippen LogP contribution is -2.35. The highest BCUT2D eigenvalue weighted by atomic mass is 19.4. The minimum absolute atomic E-state index is 0.0250. The van der Waals surface area contributed by atoms with Crippen molar-refractivity contribution in [2.24, 2.45) is 0 Å². The molecule has 0 spiro atoms. The first-order valence-corrected chi connectivity index (χ1v) is 15.8. The number of hydrogen-bond acceptors (Lipinski definition) is 9. The molecule has 0 unspecified atom stereocenters. The van der Waals surface area contributed by atoms with Crippen molar-refractivity contribution in [2.75, 3.05) is 19.7 Å². The zero-order valence-electron chi connectivity index (χ0n) is 25.3. The highest BCUT2D eigenvalue weighted by molar-refractivity contribution is 5.78. The number of rotatable bonds is 10. The van der Waals surface area contributed by atoms with Crippen molar-refractivity contribution in [3.63, 3.8) is 0 Å². The molecule has 0 amide bonds. The van der Waals surface area contributed by atoms with Crippen molar-refractivity contribution in [2.45, 2.75) is 76.0 Å². The number of ether oxygens (including phenoxy) is 2. The Morgan fingerprint density at radius 3 is 2.60 bits per heavy atom. The Kier molecular flexibility index (Phi) is 7.63. The van der Waals surface area contributed by atoms with Crippen LogP contribution >= 0.6 is 0 Å². The molecule has 1 N–H and O–H groups in total. The van der Waals surface area contributed by atoms with Crippen LogP contribution in [-0.4, -0.2) is 75.2 Å². The van der Waals surface area contributed by atoms with E-state index in [1.807, 2.05) is 17.2 Å². The van der Waals surface area contributed by atoms with Crippen LogP contribution in [0.15, 0.2) is 36.7 Å². The summed E-state index contributed by atoms with van der Waals surface area (Å²) in [5, 5.41) is 9.99. The Balaban J connectivity index is 0.937. The van der Waals surface area contributed by atoms with E-state index in [0.717, 1.165) is 68.8 Å². The Bertz CT molecular complexity index is 1890. The number of likely N-dealkylation sites (tertiary alicyclic amines) is 1. The molecule has 1 saturated carbocycles. The van der Waals surface area contributed by atoms with Crippen molar-refractivity contribution in [1.29, 1.82) is 0 Å². The molecule has 3 aliphatic rings. The molecule has 8 rings (SSSR count). The molecule has 1 aliphatic carbocycles. The molecule has 47 heavy (non-hydrogen) atoms. The van der Waals surface area contributed by atoms with E-state index in [0.29, 0.717) is 30.5 Å². The van der Waals surface area contributed by atoms with Crippen LogP contribution in [0.2, 0.25) is 0 Å². The summed E-state index contributed by atoms with van der Waals surface area (Å²) in [7, 11) is 0. The van der Waals surface area contributed by atoms with Crippen LogP contribution in [0.5, 0.6) is 5.88 Å². The van der Waals surface area contributed by atoms with Gasteiger partial charge in [0.05, 0.1) is 48.7 Å². The van der Waals surface area contributed by atoms with Crippen molar-refractivity contribution in [3.8, 4) is 17.4 Å². The molecule has 1 atom stereocenters. The van der Waals surface area contributed by atoms with E-state index in [2.05, 4.69) is 29.6 Å². The fraction of sp³-hybridized carbons (Fsp3) is 0.484. The van der Waals surface area contributed by atoms with E-state index in [9.17, 15) is 17.6 Å². The van der Waals surface area contributed by atoms with E-state index in [1.165, 1.54) is 6.20 Å². The van der Waals surface area contributed by atoms with Crippen LogP contribution < -0.4 is 4.74 Å². The zero-order chi connectivity index (χ0) is 32.1. The number of halogens is 4. The van der Waals surface area contributed by atoms with Gasteiger partial charge in [0.1, 0.15) is 23.8 Å². The number of piperidine rings is 1. The molecule has 5 aromatic rings. The lowest BCUT2D eigenvalue weighted by atomic mass is 9.93. The monoisotopic (exact) mass is 652 g/mol. The minimum atomic E-state index is -4.63. The van der Waals surface area contributed by atoms with Crippen molar-refractivity contribution in [1.82, 2.24) is 49.4 Å². The fourth-order valence-electron chi connectivity index (χ4n) is 6.15. The zero-order valence-corrected chi connectivity index (χ0v) is 25.3. The summed E-state index contributed by atoms with van der Waals surface area (Å²) >= 11 is 0. The van der Waals surface area contributed by atoms with Crippen LogP contribution in [-0.2, 0) is 30.6 Å². The molecule has 5 aromatic heterocycles. The standard InChI is InChI=1S/C31H32F4N10O2/c32-21-15-45(19-4-5-19)42-25(21)17-47-28-3-1-2-22(38-28)18-6-9-43(10-7-18)16-27-37-23-12-24(29-39-30(41-40-29)31(33,34)35)36-13-26(23)44(27)14-20-8-11-46-20/h1-3,12-13,15,18-20H,4-11,14,16-17H2,(H,39,40,41)/t20-/m0/s1. The van der Waals surface area contributed by atoms with Crippen LogP contribution in [0.4, 0.5) is 17.6 Å². The highest BCUT2D eigenvalue weighted by Gasteiger charge is 2.35. The van der Waals surface area contributed by atoms with Crippen LogP contribution in [0.25, 0.3) is 22.6 Å². The number of fused-ring (bicyclic) bond motifs is 1. The number of aromatic amines is 1. The Hall–Kier alpha value is -4.44. The maximum absolute atomic E-state index is 14.3. The van der Waals surface area contributed by atoms with Gasteiger partial charge in [-0.25, -0.2) is 19.3 Å². The van der Waals surface area contributed by atoms with E-state index in [4.69, 9.17) is 19.4 Å². The van der Waals surface area contributed by atoms with Crippen LogP contribution in [0.3, 0.4) is 0 Å². The largest absolute Gasteiger partial charge is 0.471 e. The smallest absolute Gasteiger partial charge is 0.451 e. The third kappa shape index (κ3) is 6.31. The second kappa shape index (κ2) is 12.0. The molecule has 0 bridgehead atoms. The van der Waals surface area contributed by atoms with Gasteiger partial charge in [0.15, 0.2) is 11.6 Å². The predicted molar refractivity (Wildman–Crippen MR) is 159 cm³/mol. The van der Waals surface area contributed by atoms with Gasteiger partial charge in [-0.1, -0.05) is 6.07 Å². The topological polar surface area (TPSA) is 125 Å². The highest BCUT2D eigenvalue weighted by Crippen LogP contribution is 2.35. The molecular weight excluding hydrogens is 620 g/mol. The number of aromatic nitrogens is 9. The third-order valence-corrected chi connectivity index (χ3v) is 9.03. The number of imidazole rings is 1.